The van der Waals surface area contributed by atoms with Crippen LogP contribution in [0.5, 0.6) is 5.75 Å². The molecule has 0 aliphatic rings. The third-order valence-corrected chi connectivity index (χ3v) is 4.82. The molecule has 0 bridgehead atoms. The van der Waals surface area contributed by atoms with E-state index in [-0.39, 0.29) is 24.2 Å². The van der Waals surface area contributed by atoms with Crippen LogP contribution in [0.4, 0.5) is 5.69 Å². The van der Waals surface area contributed by atoms with E-state index in [0.29, 0.717) is 22.7 Å². The van der Waals surface area contributed by atoms with Crippen molar-refractivity contribution in [3.8, 4) is 16.9 Å². The van der Waals surface area contributed by atoms with Gasteiger partial charge in [-0.1, -0.05) is 18.2 Å². The number of anilines is 1. The first-order valence-corrected chi connectivity index (χ1v) is 9.49. The fraction of sp³-hybridized carbons (Fsp3) is 0.174. The fourth-order valence-corrected chi connectivity index (χ4v) is 3.16. The molecule has 1 unspecified atom stereocenters. The van der Waals surface area contributed by atoms with Gasteiger partial charge in [-0.05, 0) is 60.0 Å². The molecular weight excluding hydrogens is 378 g/mol. The summed E-state index contributed by atoms with van der Waals surface area (Å²) in [4.78, 5) is 17.1. The number of nitrogen functional groups attached to an aromatic ring is 1. The van der Waals surface area contributed by atoms with Crippen molar-refractivity contribution in [3.05, 3.63) is 77.6 Å². The molecule has 0 spiro atoms. The standard InChI is InChI=1S/C23H25N5O2/c1-14(25)19-11-15(6-7-20(19)26)16-8-9-27-21(12-16)23(29)28-22(13-24)17-4-3-5-18(10-17)30-2/h3-12,22,25H,13,24,26H2,1-2H3,(H,28,29). The number of amides is 1. The van der Waals surface area contributed by atoms with E-state index < -0.39 is 0 Å². The summed E-state index contributed by atoms with van der Waals surface area (Å²) < 4.78 is 5.25. The largest absolute Gasteiger partial charge is 0.497 e. The highest BCUT2D eigenvalue weighted by atomic mass is 16.5. The maximum Gasteiger partial charge on any atom is 0.270 e. The number of nitrogens with zero attached hydrogens (tertiary/aromatic N) is 1. The number of nitrogens with one attached hydrogen (secondary N) is 2. The molecule has 0 aliphatic carbocycles. The van der Waals surface area contributed by atoms with Gasteiger partial charge in [-0.2, -0.15) is 0 Å². The predicted molar refractivity (Wildman–Crippen MR) is 119 cm³/mol. The average molecular weight is 403 g/mol. The highest BCUT2D eigenvalue weighted by Crippen LogP contribution is 2.25. The lowest BCUT2D eigenvalue weighted by Crippen LogP contribution is -2.33. The molecule has 0 radical (unpaired) electrons. The smallest absolute Gasteiger partial charge is 0.270 e. The van der Waals surface area contributed by atoms with Gasteiger partial charge in [0, 0.05) is 29.7 Å². The fourth-order valence-electron chi connectivity index (χ4n) is 3.16. The lowest BCUT2D eigenvalue weighted by atomic mass is 10.00. The van der Waals surface area contributed by atoms with Crippen molar-refractivity contribution in [2.45, 2.75) is 13.0 Å². The summed E-state index contributed by atoms with van der Waals surface area (Å²) in [6.45, 7) is 1.92. The van der Waals surface area contributed by atoms with Gasteiger partial charge in [-0.25, -0.2) is 0 Å². The SMILES string of the molecule is COc1cccc(C(CN)NC(=O)c2cc(-c3ccc(N)c(C(C)=N)c3)ccn2)c1. The van der Waals surface area contributed by atoms with Crippen LogP contribution in [0.1, 0.15) is 34.6 Å². The third-order valence-electron chi connectivity index (χ3n) is 4.82. The lowest BCUT2D eigenvalue weighted by Gasteiger charge is -2.18. The molecule has 0 saturated carbocycles. The molecule has 3 aromatic rings. The number of ether oxygens (including phenoxy) is 1. The molecule has 6 N–H and O–H groups in total. The van der Waals surface area contributed by atoms with Gasteiger partial charge in [0.25, 0.3) is 5.91 Å². The van der Waals surface area contributed by atoms with E-state index in [9.17, 15) is 4.79 Å². The predicted octanol–water partition coefficient (Wildman–Crippen LogP) is 3.16. The molecule has 0 aliphatic heterocycles. The number of hydrogen-bond acceptors (Lipinski definition) is 6. The summed E-state index contributed by atoms with van der Waals surface area (Å²) in [5.41, 5.74) is 16.2. The second-order valence-corrected chi connectivity index (χ2v) is 6.90. The van der Waals surface area contributed by atoms with Crippen LogP contribution in [0.2, 0.25) is 0 Å². The quantitative estimate of drug-likeness (QED) is 0.356. The van der Waals surface area contributed by atoms with Crippen molar-refractivity contribution in [1.29, 1.82) is 5.41 Å². The number of nitrogens with two attached hydrogens (primary N) is 2. The Morgan fingerprint density at radius 1 is 1.17 bits per heavy atom. The van der Waals surface area contributed by atoms with E-state index in [1.807, 2.05) is 42.5 Å². The number of rotatable bonds is 7. The van der Waals surface area contributed by atoms with E-state index in [1.54, 1.807) is 32.4 Å². The molecule has 3 rings (SSSR count). The van der Waals surface area contributed by atoms with Crippen LogP contribution in [-0.2, 0) is 0 Å². The number of carbonyl (C=O) groups is 1. The van der Waals surface area contributed by atoms with Crippen LogP contribution < -0.4 is 21.5 Å². The van der Waals surface area contributed by atoms with Gasteiger partial charge in [-0.15, -0.1) is 0 Å². The van der Waals surface area contributed by atoms with E-state index in [2.05, 4.69) is 10.3 Å². The Morgan fingerprint density at radius 2 is 1.93 bits per heavy atom. The molecule has 1 heterocycles. The maximum atomic E-state index is 12.8. The van der Waals surface area contributed by atoms with Gasteiger partial charge >= 0.3 is 0 Å². The van der Waals surface area contributed by atoms with Crippen molar-refractivity contribution in [1.82, 2.24) is 10.3 Å². The van der Waals surface area contributed by atoms with E-state index in [1.165, 1.54) is 0 Å². The zero-order chi connectivity index (χ0) is 21.7. The van der Waals surface area contributed by atoms with Crippen LogP contribution >= 0.6 is 0 Å². The van der Waals surface area contributed by atoms with Gasteiger partial charge in [-0.3, -0.25) is 9.78 Å². The Morgan fingerprint density at radius 3 is 2.63 bits per heavy atom. The molecule has 2 aromatic carbocycles. The Kier molecular flexibility index (Phi) is 6.44. The van der Waals surface area contributed by atoms with Crippen molar-refractivity contribution >= 4 is 17.3 Å². The summed E-state index contributed by atoms with van der Waals surface area (Å²) in [5, 5.41) is 10.8. The van der Waals surface area contributed by atoms with Gasteiger partial charge in [0.2, 0.25) is 0 Å². The highest BCUT2D eigenvalue weighted by Gasteiger charge is 2.17. The zero-order valence-electron chi connectivity index (χ0n) is 17.0. The van der Waals surface area contributed by atoms with Crippen molar-refractivity contribution in [3.63, 3.8) is 0 Å². The van der Waals surface area contributed by atoms with Gasteiger partial charge in [0.1, 0.15) is 11.4 Å². The molecule has 30 heavy (non-hydrogen) atoms. The van der Waals surface area contributed by atoms with E-state index in [0.717, 1.165) is 16.7 Å². The minimum Gasteiger partial charge on any atom is -0.497 e. The maximum absolute atomic E-state index is 12.8. The molecular formula is C23H25N5O2. The third kappa shape index (κ3) is 4.64. The second-order valence-electron chi connectivity index (χ2n) is 6.90. The lowest BCUT2D eigenvalue weighted by molar-refractivity contribution is 0.0932. The number of pyridine rings is 1. The summed E-state index contributed by atoms with van der Waals surface area (Å²) in [7, 11) is 1.59. The van der Waals surface area contributed by atoms with Crippen LogP contribution in [-0.4, -0.2) is 30.3 Å². The van der Waals surface area contributed by atoms with Crippen molar-refractivity contribution in [2.24, 2.45) is 5.73 Å². The minimum absolute atomic E-state index is 0.235. The topological polar surface area (TPSA) is 127 Å². The van der Waals surface area contributed by atoms with Crippen LogP contribution in [0.25, 0.3) is 11.1 Å². The summed E-state index contributed by atoms with van der Waals surface area (Å²) in [5.74, 6) is 0.370. The Balaban J connectivity index is 1.85. The summed E-state index contributed by atoms with van der Waals surface area (Å²) in [6.07, 6.45) is 1.58. The molecule has 7 nitrogen and oxygen atoms in total. The van der Waals surface area contributed by atoms with Gasteiger partial charge in [0.05, 0.1) is 13.2 Å². The number of benzene rings is 2. The molecule has 0 fully saturated rings. The van der Waals surface area contributed by atoms with Crippen molar-refractivity contribution in [2.75, 3.05) is 19.4 Å². The number of aromatic nitrogens is 1. The first-order valence-electron chi connectivity index (χ1n) is 9.49. The Bertz CT molecular complexity index is 1080. The van der Waals surface area contributed by atoms with E-state index >= 15 is 0 Å². The van der Waals surface area contributed by atoms with Gasteiger partial charge < -0.3 is 26.9 Å². The second kappa shape index (κ2) is 9.19. The Hall–Kier alpha value is -3.71. The van der Waals surface area contributed by atoms with Gasteiger partial charge in [0.15, 0.2) is 0 Å². The Labute approximate surface area is 175 Å². The molecule has 1 atom stereocenters. The van der Waals surface area contributed by atoms with Crippen LogP contribution in [0.3, 0.4) is 0 Å². The van der Waals surface area contributed by atoms with Crippen LogP contribution in [0.15, 0.2) is 60.8 Å². The first kappa shape index (κ1) is 21.0. The number of carbonyl (C=O) groups excluding carboxylic acids is 1. The van der Waals surface area contributed by atoms with E-state index in [4.69, 9.17) is 21.6 Å². The van der Waals surface area contributed by atoms with Crippen LogP contribution in [0, 0.1) is 5.41 Å². The molecule has 154 valence electrons. The number of methoxy groups -OCH3 is 1. The summed E-state index contributed by atoms with van der Waals surface area (Å²) >= 11 is 0. The molecule has 1 amide bonds. The molecule has 7 heteroatoms. The van der Waals surface area contributed by atoms with Crippen molar-refractivity contribution < 1.29 is 9.53 Å². The average Bonchev–Trinajstić information content (AvgIpc) is 2.77. The minimum atomic E-state index is -0.373. The number of hydrogen-bond donors (Lipinski definition) is 4. The highest BCUT2D eigenvalue weighted by molar-refractivity contribution is 6.02. The monoisotopic (exact) mass is 403 g/mol. The normalized spacial score (nSPS) is 11.6. The molecule has 1 aromatic heterocycles. The molecule has 0 saturated heterocycles. The first-order chi connectivity index (χ1) is 14.4. The summed E-state index contributed by atoms with van der Waals surface area (Å²) in [6, 6.07) is 16.0. The zero-order valence-corrected chi connectivity index (χ0v) is 17.0.